The van der Waals surface area contributed by atoms with Crippen molar-refractivity contribution in [1.82, 2.24) is 10.1 Å². The van der Waals surface area contributed by atoms with E-state index in [0.29, 0.717) is 32.5 Å². The van der Waals surface area contributed by atoms with Crippen LogP contribution in [-0.2, 0) is 6.54 Å². The molecule has 1 aliphatic heterocycles. The number of nitrogens with zero attached hydrogens (tertiary/aromatic N) is 2. The number of carbonyl (C=O) groups is 1. The van der Waals surface area contributed by atoms with Gasteiger partial charge in [0.05, 0.1) is 12.1 Å². The van der Waals surface area contributed by atoms with Crippen molar-refractivity contribution in [3.8, 4) is 11.3 Å². The first-order valence-electron chi connectivity index (χ1n) is 9.33. The van der Waals surface area contributed by atoms with Crippen LogP contribution in [0.4, 0.5) is 8.78 Å². The highest BCUT2D eigenvalue weighted by molar-refractivity contribution is 5.98. The zero-order chi connectivity index (χ0) is 19.5. The summed E-state index contributed by atoms with van der Waals surface area (Å²) in [5, 5.41) is 4.12. The van der Waals surface area contributed by atoms with Crippen LogP contribution in [-0.4, -0.2) is 28.9 Å². The van der Waals surface area contributed by atoms with E-state index in [2.05, 4.69) is 10.1 Å². The Morgan fingerprint density at radius 3 is 2.57 bits per heavy atom. The van der Waals surface area contributed by atoms with Gasteiger partial charge in [-0.05, 0) is 44.1 Å². The molecule has 1 aliphatic rings. The molecule has 0 aliphatic carbocycles. The van der Waals surface area contributed by atoms with Gasteiger partial charge in [-0.2, -0.15) is 0 Å². The lowest BCUT2D eigenvalue weighted by molar-refractivity contribution is 0.0822. The third-order valence-corrected chi connectivity index (χ3v) is 5.16. The molecular formula is C22H20F2N2O2. The van der Waals surface area contributed by atoms with Crippen molar-refractivity contribution in [2.75, 3.05) is 13.1 Å². The van der Waals surface area contributed by atoms with Gasteiger partial charge in [-0.15, -0.1) is 0 Å². The Morgan fingerprint density at radius 2 is 1.82 bits per heavy atom. The van der Waals surface area contributed by atoms with Crippen LogP contribution in [0.15, 0.2) is 59.1 Å². The summed E-state index contributed by atoms with van der Waals surface area (Å²) in [7, 11) is 0. The standard InChI is InChI=1S/C22H20F2N2O2/c23-17-6-7-20(24)19(12-17)22(27)16-8-10-26(11-9-16)14-18-13-21(25-28-18)15-4-2-1-3-5-15/h1-7,12-13,16H,8-11,14H2. The average molecular weight is 382 g/mol. The highest BCUT2D eigenvalue weighted by Crippen LogP contribution is 2.25. The molecule has 4 rings (SSSR count). The molecule has 0 amide bonds. The monoisotopic (exact) mass is 382 g/mol. The lowest BCUT2D eigenvalue weighted by Gasteiger charge is -2.30. The van der Waals surface area contributed by atoms with Gasteiger partial charge in [0, 0.05) is 17.5 Å². The second kappa shape index (κ2) is 8.02. The molecule has 0 unspecified atom stereocenters. The number of piperidine rings is 1. The van der Waals surface area contributed by atoms with Gasteiger partial charge in [0.1, 0.15) is 17.3 Å². The van der Waals surface area contributed by atoms with Crippen LogP contribution in [0, 0.1) is 17.6 Å². The van der Waals surface area contributed by atoms with E-state index in [4.69, 9.17) is 4.52 Å². The molecule has 1 fully saturated rings. The number of hydrogen-bond donors (Lipinski definition) is 0. The van der Waals surface area contributed by atoms with E-state index in [1.54, 1.807) is 0 Å². The average Bonchev–Trinajstić information content (AvgIpc) is 3.19. The van der Waals surface area contributed by atoms with Gasteiger partial charge in [-0.3, -0.25) is 9.69 Å². The molecule has 4 nitrogen and oxygen atoms in total. The fourth-order valence-electron chi connectivity index (χ4n) is 3.61. The molecule has 0 atom stereocenters. The first kappa shape index (κ1) is 18.5. The number of likely N-dealkylation sites (tertiary alicyclic amines) is 1. The zero-order valence-electron chi connectivity index (χ0n) is 15.3. The normalized spacial score (nSPS) is 15.6. The summed E-state index contributed by atoms with van der Waals surface area (Å²) in [5.41, 5.74) is 1.64. The third-order valence-electron chi connectivity index (χ3n) is 5.16. The van der Waals surface area contributed by atoms with Crippen LogP contribution in [0.1, 0.15) is 29.0 Å². The number of rotatable bonds is 5. The van der Waals surface area contributed by atoms with Gasteiger partial charge < -0.3 is 4.52 Å². The lowest BCUT2D eigenvalue weighted by atomic mass is 9.88. The topological polar surface area (TPSA) is 46.3 Å². The fraction of sp³-hybridized carbons (Fsp3) is 0.273. The van der Waals surface area contributed by atoms with Crippen molar-refractivity contribution in [2.24, 2.45) is 5.92 Å². The molecule has 0 bridgehead atoms. The molecule has 3 aromatic rings. The van der Waals surface area contributed by atoms with Crippen LogP contribution < -0.4 is 0 Å². The fourth-order valence-corrected chi connectivity index (χ4v) is 3.61. The minimum Gasteiger partial charge on any atom is -0.359 e. The van der Waals surface area contributed by atoms with Crippen LogP contribution in [0.2, 0.25) is 0 Å². The van der Waals surface area contributed by atoms with E-state index < -0.39 is 11.6 Å². The first-order valence-corrected chi connectivity index (χ1v) is 9.33. The van der Waals surface area contributed by atoms with Crippen molar-refractivity contribution in [3.05, 3.63) is 77.6 Å². The van der Waals surface area contributed by atoms with Crippen molar-refractivity contribution in [2.45, 2.75) is 19.4 Å². The quantitative estimate of drug-likeness (QED) is 0.600. The number of carbonyl (C=O) groups excluding carboxylic acids is 1. The molecular weight excluding hydrogens is 362 g/mol. The summed E-state index contributed by atoms with van der Waals surface area (Å²) in [6.07, 6.45) is 1.21. The Hall–Kier alpha value is -2.86. The molecule has 0 radical (unpaired) electrons. The van der Waals surface area contributed by atoms with E-state index in [9.17, 15) is 13.6 Å². The molecule has 1 saturated heterocycles. The van der Waals surface area contributed by atoms with Crippen LogP contribution in [0.25, 0.3) is 11.3 Å². The number of aromatic nitrogens is 1. The number of halogens is 2. The van der Waals surface area contributed by atoms with Gasteiger partial charge >= 0.3 is 0 Å². The highest BCUT2D eigenvalue weighted by Gasteiger charge is 2.28. The Bertz CT molecular complexity index is 964. The van der Waals surface area contributed by atoms with Crippen molar-refractivity contribution in [1.29, 1.82) is 0 Å². The Balaban J connectivity index is 1.35. The molecule has 0 spiro atoms. The summed E-state index contributed by atoms with van der Waals surface area (Å²) < 4.78 is 32.7. The largest absolute Gasteiger partial charge is 0.359 e. The van der Waals surface area contributed by atoms with Gasteiger partial charge in [0.25, 0.3) is 0 Å². The number of hydrogen-bond acceptors (Lipinski definition) is 4. The van der Waals surface area contributed by atoms with Crippen molar-refractivity contribution >= 4 is 5.78 Å². The molecule has 28 heavy (non-hydrogen) atoms. The maximum absolute atomic E-state index is 13.9. The van der Waals surface area contributed by atoms with E-state index in [0.717, 1.165) is 35.2 Å². The van der Waals surface area contributed by atoms with Gasteiger partial charge in [-0.1, -0.05) is 35.5 Å². The molecule has 0 N–H and O–H groups in total. The summed E-state index contributed by atoms with van der Waals surface area (Å²) in [5.74, 6) is -1.10. The molecule has 2 aromatic carbocycles. The summed E-state index contributed by atoms with van der Waals surface area (Å²) >= 11 is 0. The van der Waals surface area contributed by atoms with Crippen LogP contribution >= 0.6 is 0 Å². The number of ketones is 1. The Morgan fingerprint density at radius 1 is 1.07 bits per heavy atom. The number of benzene rings is 2. The van der Waals surface area contributed by atoms with E-state index in [1.807, 2.05) is 36.4 Å². The third kappa shape index (κ3) is 4.02. The Kier molecular flexibility index (Phi) is 5.30. The van der Waals surface area contributed by atoms with Gasteiger partial charge in [-0.25, -0.2) is 8.78 Å². The smallest absolute Gasteiger partial charge is 0.169 e. The molecule has 6 heteroatoms. The van der Waals surface area contributed by atoms with E-state index in [-0.39, 0.29) is 17.3 Å². The van der Waals surface area contributed by atoms with E-state index >= 15 is 0 Å². The molecule has 2 heterocycles. The predicted octanol–water partition coefficient (Wildman–Crippen LogP) is 4.71. The van der Waals surface area contributed by atoms with Crippen molar-refractivity contribution < 1.29 is 18.1 Å². The first-order chi connectivity index (χ1) is 13.6. The maximum Gasteiger partial charge on any atom is 0.169 e. The summed E-state index contributed by atoms with van der Waals surface area (Å²) in [6, 6.07) is 14.8. The summed E-state index contributed by atoms with van der Waals surface area (Å²) in [4.78, 5) is 14.7. The van der Waals surface area contributed by atoms with E-state index in [1.165, 1.54) is 0 Å². The Labute approximate surface area is 161 Å². The molecule has 144 valence electrons. The summed E-state index contributed by atoms with van der Waals surface area (Å²) in [6.45, 7) is 1.98. The zero-order valence-corrected chi connectivity index (χ0v) is 15.3. The minimum atomic E-state index is -0.663. The van der Waals surface area contributed by atoms with Gasteiger partial charge in [0.2, 0.25) is 0 Å². The van der Waals surface area contributed by atoms with Crippen molar-refractivity contribution in [3.63, 3.8) is 0 Å². The SMILES string of the molecule is O=C(c1cc(F)ccc1F)C1CCN(Cc2cc(-c3ccccc3)no2)CC1. The van der Waals surface area contributed by atoms with Crippen LogP contribution in [0.3, 0.4) is 0 Å². The highest BCUT2D eigenvalue weighted by atomic mass is 19.1. The second-order valence-electron chi connectivity index (χ2n) is 7.08. The molecule has 1 aromatic heterocycles. The van der Waals surface area contributed by atoms with Gasteiger partial charge in [0.15, 0.2) is 11.5 Å². The van der Waals surface area contributed by atoms with Crippen LogP contribution in [0.5, 0.6) is 0 Å². The number of Topliss-reactive ketones (excluding diaryl/α,β-unsaturated/α-hetero) is 1. The minimum absolute atomic E-state index is 0.152. The predicted molar refractivity (Wildman–Crippen MR) is 101 cm³/mol. The molecule has 0 saturated carbocycles. The maximum atomic E-state index is 13.9. The second-order valence-corrected chi connectivity index (χ2v) is 7.08. The lowest BCUT2D eigenvalue weighted by Crippen LogP contribution is -2.36.